The Labute approximate surface area is 350 Å². The van der Waals surface area contributed by atoms with Crippen molar-refractivity contribution in [3.05, 3.63) is 168 Å². The highest BCUT2D eigenvalue weighted by Crippen LogP contribution is 2.42. The van der Waals surface area contributed by atoms with Gasteiger partial charge in [0.25, 0.3) is 0 Å². The highest BCUT2D eigenvalue weighted by Gasteiger charge is 2.25. The van der Waals surface area contributed by atoms with E-state index in [1.54, 1.807) is 71.3 Å². The summed E-state index contributed by atoms with van der Waals surface area (Å²) < 4.78 is 154. The summed E-state index contributed by atoms with van der Waals surface area (Å²) >= 11 is 0. The molecule has 4 heteroatoms. The lowest BCUT2D eigenvalue weighted by molar-refractivity contribution is 0.477. The molecule has 0 atom stereocenters. The van der Waals surface area contributed by atoms with Crippen molar-refractivity contribution in [2.75, 3.05) is 0 Å². The highest BCUT2D eigenvalue weighted by atomic mass is 16.3. The van der Waals surface area contributed by atoms with E-state index >= 15 is 0 Å². The van der Waals surface area contributed by atoms with Crippen LogP contribution in [-0.4, -0.2) is 19.6 Å². The minimum Gasteiger partial charge on any atom is -0.507 e. The van der Waals surface area contributed by atoms with Crippen LogP contribution in [0.5, 0.6) is 5.75 Å². The molecule has 0 unspecified atom stereocenters. The monoisotopic (exact) mass is 735 g/mol. The third kappa shape index (κ3) is 6.97. The number of benzene rings is 6. The van der Waals surface area contributed by atoms with Crippen molar-refractivity contribution in [1.29, 1.82) is 0 Å². The molecule has 1 N–H and O–H groups in total. The number of hydrogen-bond donors (Lipinski definition) is 1. The first-order chi connectivity index (χ1) is 33.8. The number of nitrogens with zero attached hydrogens (tertiary/aromatic N) is 3. The first kappa shape index (κ1) is 20.4. The van der Waals surface area contributed by atoms with Crippen molar-refractivity contribution >= 4 is 11.0 Å². The molecule has 55 heavy (non-hydrogen) atoms. The van der Waals surface area contributed by atoms with Gasteiger partial charge in [-0.3, -0.25) is 9.55 Å². The van der Waals surface area contributed by atoms with Crippen LogP contribution in [0.25, 0.3) is 72.7 Å². The normalized spacial score (nSPS) is 17.7. The molecule has 272 valence electrons. The smallest absolute Gasteiger partial charge is 0.149 e. The van der Waals surface area contributed by atoms with Gasteiger partial charge in [0.05, 0.1) is 36.2 Å². The largest absolute Gasteiger partial charge is 0.507 e. The van der Waals surface area contributed by atoms with Crippen LogP contribution in [0.1, 0.15) is 82.7 Å². The van der Waals surface area contributed by atoms with Gasteiger partial charge in [-0.15, -0.1) is 0 Å². The van der Waals surface area contributed by atoms with Gasteiger partial charge in [0.1, 0.15) is 11.6 Å². The standard InChI is InChI=1S/C51H47N3O/c1-33-20-22-34(23-21-33)36-26-27-52-44(31-36)38-28-37(29-40(30-38)51(5,6)7)41-17-13-18-46-48(41)53-49(42-16-11-12-19-47(42)55)54(46)45-25-24-39(50(2,3)4)32-43(45)35-14-9-8-10-15-35/h8-32,55H,1-7H3/i1D3,2D3,3D3,4D3,20D,21D,22D,23D,26D,27D. The van der Waals surface area contributed by atoms with E-state index in [4.69, 9.17) is 29.7 Å². The van der Waals surface area contributed by atoms with Gasteiger partial charge in [-0.25, -0.2) is 4.98 Å². The number of hydrogen-bond acceptors (Lipinski definition) is 3. The molecule has 8 rings (SSSR count). The number of fused-ring (bicyclic) bond motifs is 1. The second-order valence-electron chi connectivity index (χ2n) is 14.4. The molecule has 0 fully saturated rings. The third-order valence-corrected chi connectivity index (χ3v) is 9.53. The van der Waals surface area contributed by atoms with E-state index in [-0.39, 0.29) is 39.5 Å². The van der Waals surface area contributed by atoms with Crippen LogP contribution in [0.3, 0.4) is 0 Å². The number of phenolic OH excluding ortho intramolecular Hbond substituents is 1. The summed E-state index contributed by atoms with van der Waals surface area (Å²) in [4.78, 5) is 9.64. The summed E-state index contributed by atoms with van der Waals surface area (Å²) in [5.74, 6) is 0.0504. The predicted octanol–water partition coefficient (Wildman–Crippen LogP) is 13.4. The number of imidazole rings is 1. The van der Waals surface area contributed by atoms with Crippen molar-refractivity contribution in [2.24, 2.45) is 0 Å². The van der Waals surface area contributed by atoms with Crippen LogP contribution >= 0.6 is 0 Å². The van der Waals surface area contributed by atoms with Crippen LogP contribution in [0, 0.1) is 6.85 Å². The molecule has 0 spiro atoms. The van der Waals surface area contributed by atoms with Crippen molar-refractivity contribution in [2.45, 2.75) is 59.0 Å². The summed E-state index contributed by atoms with van der Waals surface area (Å²) in [6, 6.07) is 27.8. The van der Waals surface area contributed by atoms with Gasteiger partial charge in [-0.05, 0) is 106 Å². The Morgan fingerprint density at radius 3 is 2.09 bits per heavy atom. The lowest BCUT2D eigenvalue weighted by atomic mass is 9.83. The highest BCUT2D eigenvalue weighted by molar-refractivity contribution is 5.97. The summed E-state index contributed by atoms with van der Waals surface area (Å²) in [5, 5.41) is 11.5. The Kier molecular flexibility index (Phi) is 5.15. The molecule has 8 aromatic rings. The van der Waals surface area contributed by atoms with Crippen molar-refractivity contribution < 1.29 is 29.8 Å². The first-order valence-corrected chi connectivity index (χ1v) is 17.6. The molecular weight excluding hydrogens is 671 g/mol. The Bertz CT molecular complexity index is 3410. The van der Waals surface area contributed by atoms with E-state index in [2.05, 4.69) is 4.98 Å². The molecule has 4 nitrogen and oxygen atoms in total. The van der Waals surface area contributed by atoms with Crippen molar-refractivity contribution in [3.63, 3.8) is 0 Å². The molecular formula is C51H47N3O. The Morgan fingerprint density at radius 1 is 0.600 bits per heavy atom. The third-order valence-electron chi connectivity index (χ3n) is 9.53. The molecule has 0 aliphatic carbocycles. The molecule has 0 radical (unpaired) electrons. The van der Waals surface area contributed by atoms with Gasteiger partial charge in [0.15, 0.2) is 0 Å². The predicted molar refractivity (Wildman–Crippen MR) is 230 cm³/mol. The lowest BCUT2D eigenvalue weighted by Crippen LogP contribution is -2.12. The van der Waals surface area contributed by atoms with Crippen molar-refractivity contribution in [1.82, 2.24) is 14.5 Å². The van der Waals surface area contributed by atoms with E-state index in [1.807, 2.05) is 39.0 Å². The molecule has 0 bridgehead atoms. The maximum absolute atomic E-state index is 11.5. The first-order valence-electron chi connectivity index (χ1n) is 26.6. The quantitative estimate of drug-likeness (QED) is 0.185. The number of para-hydroxylation sites is 2. The number of pyridine rings is 1. The van der Waals surface area contributed by atoms with E-state index < -0.39 is 85.7 Å². The van der Waals surface area contributed by atoms with Crippen LogP contribution in [0.4, 0.5) is 0 Å². The van der Waals surface area contributed by atoms with E-state index in [1.165, 1.54) is 30.3 Å². The van der Waals surface area contributed by atoms with E-state index in [0.29, 0.717) is 39.0 Å². The second-order valence-corrected chi connectivity index (χ2v) is 14.4. The molecule has 0 saturated carbocycles. The van der Waals surface area contributed by atoms with E-state index in [0.717, 1.165) is 5.56 Å². The SMILES string of the molecule is [2H]c1nc(-c2cc(-c3cccc4c3nc(-c3ccccc3O)n4-c3ccc(C(C([2H])([2H])[2H])(C([2H])([2H])[2H])C([2H])([2H])[2H])cc3-c3ccccc3)cc(C(C)(C)C)c2)cc(-c2c([2H])c([2H])c(C([2H])([2H])[2H])c([2H])c2[2H])c1[2H]. The van der Waals surface area contributed by atoms with Crippen LogP contribution < -0.4 is 0 Å². The Hall–Kier alpha value is -6.26. The van der Waals surface area contributed by atoms with E-state index in [9.17, 15) is 5.11 Å². The molecule has 0 amide bonds. The zero-order valence-corrected chi connectivity index (χ0v) is 30.3. The number of phenols is 1. The summed E-state index contributed by atoms with van der Waals surface area (Å²) in [6.07, 6.45) is -0.547. The second kappa shape index (κ2) is 13.9. The summed E-state index contributed by atoms with van der Waals surface area (Å²) in [7, 11) is 0. The molecule has 2 heterocycles. The molecule has 0 aliphatic heterocycles. The zero-order valence-electron chi connectivity index (χ0n) is 48.3. The van der Waals surface area contributed by atoms with Crippen LogP contribution in [-0.2, 0) is 10.8 Å². The Balaban J connectivity index is 1.43. The van der Waals surface area contributed by atoms with Gasteiger partial charge in [0, 0.05) is 39.3 Å². The topological polar surface area (TPSA) is 50.9 Å². The van der Waals surface area contributed by atoms with Crippen LogP contribution in [0.2, 0.25) is 0 Å². The van der Waals surface area contributed by atoms with Gasteiger partial charge in [-0.1, -0.05) is 138 Å². The number of rotatable bonds is 6. The Morgan fingerprint density at radius 2 is 1.35 bits per heavy atom. The summed E-state index contributed by atoms with van der Waals surface area (Å²) in [6.45, 7) is -7.66. The van der Waals surface area contributed by atoms with Crippen molar-refractivity contribution in [3.8, 4) is 67.5 Å². The lowest BCUT2D eigenvalue weighted by Gasteiger charge is -2.23. The van der Waals surface area contributed by atoms with Gasteiger partial charge in [0.2, 0.25) is 0 Å². The molecule has 0 saturated heterocycles. The number of aromatic nitrogens is 3. The number of aromatic hydroxyl groups is 1. The minimum absolute atomic E-state index is 0.127. The average molecular weight is 736 g/mol. The molecule has 2 aromatic heterocycles. The maximum atomic E-state index is 11.5. The average Bonchev–Trinajstić information content (AvgIpc) is 3.67. The fraction of sp³-hybridized carbons (Fsp3) is 0.176. The van der Waals surface area contributed by atoms with Crippen LogP contribution in [0.15, 0.2) is 152 Å². The fourth-order valence-corrected chi connectivity index (χ4v) is 6.68. The molecule has 6 aromatic carbocycles. The maximum Gasteiger partial charge on any atom is 0.149 e. The van der Waals surface area contributed by atoms with Gasteiger partial charge >= 0.3 is 0 Å². The molecule has 0 aliphatic rings. The fourth-order valence-electron chi connectivity index (χ4n) is 6.68. The van der Waals surface area contributed by atoms with Gasteiger partial charge < -0.3 is 5.11 Å². The summed E-state index contributed by atoms with van der Waals surface area (Å²) in [5.41, 5.74) is -1.02. The zero-order chi connectivity index (χ0) is 53.7. The minimum atomic E-state index is -3.54. The van der Waals surface area contributed by atoms with Gasteiger partial charge in [-0.2, -0.15) is 0 Å².